The van der Waals surface area contributed by atoms with Gasteiger partial charge in [-0.1, -0.05) is 38.3 Å². The molecule has 0 atom stereocenters. The summed E-state index contributed by atoms with van der Waals surface area (Å²) >= 11 is 6.81. The molecule has 1 nitrogen and oxygen atoms in total. The van der Waals surface area contributed by atoms with E-state index >= 15 is 0 Å². The number of rotatable bonds is 8. The second-order valence-electron chi connectivity index (χ2n) is 6.94. The van der Waals surface area contributed by atoms with Gasteiger partial charge in [-0.15, -0.1) is 11.6 Å². The fourth-order valence-electron chi connectivity index (χ4n) is 3.59. The molecule has 0 saturated heterocycles. The van der Waals surface area contributed by atoms with Crippen LogP contribution < -0.4 is 4.74 Å². The molecule has 0 aromatic heterocycles. The second-order valence-corrected chi connectivity index (χ2v) is 7.74. The number of methoxy groups -OCH3 is 1. The molecule has 2 rings (SSSR count). The number of ether oxygens (including phenoxy) is 1. The van der Waals surface area contributed by atoms with Crippen molar-refractivity contribution in [2.75, 3.05) is 7.11 Å². The predicted molar refractivity (Wildman–Crippen MR) is 96.0 cm³/mol. The van der Waals surface area contributed by atoms with E-state index in [0.717, 1.165) is 11.7 Å². The third-order valence-electron chi connectivity index (χ3n) is 5.23. The summed E-state index contributed by atoms with van der Waals surface area (Å²) in [6.45, 7) is 2.26. The smallest absolute Gasteiger partial charge is 0.118 e. The Balaban J connectivity index is 1.70. The van der Waals surface area contributed by atoms with Crippen molar-refractivity contribution in [3.05, 3.63) is 29.8 Å². The number of hydrogen-bond donors (Lipinski definition) is 0. The highest BCUT2D eigenvalue weighted by atomic mass is 35.5. The highest BCUT2D eigenvalue weighted by Gasteiger charge is 2.32. The molecule has 0 bridgehead atoms. The van der Waals surface area contributed by atoms with E-state index in [1.165, 1.54) is 69.8 Å². The van der Waals surface area contributed by atoms with Crippen LogP contribution in [0.3, 0.4) is 0 Å². The van der Waals surface area contributed by atoms with Crippen LogP contribution in [0.25, 0.3) is 0 Å². The lowest BCUT2D eigenvalue weighted by molar-refractivity contribution is 0.269. The first-order valence-corrected chi connectivity index (χ1v) is 9.35. The summed E-state index contributed by atoms with van der Waals surface area (Å²) in [5, 5.41) is 0. The van der Waals surface area contributed by atoms with E-state index in [1.807, 2.05) is 0 Å². The van der Waals surface area contributed by atoms with Gasteiger partial charge in [0.05, 0.1) is 7.11 Å². The number of unbranched alkanes of at least 4 members (excludes halogenated alkanes) is 2. The quantitative estimate of drug-likeness (QED) is 0.399. The minimum absolute atomic E-state index is 0.117. The average Bonchev–Trinajstić information content (AvgIpc) is 2.55. The summed E-state index contributed by atoms with van der Waals surface area (Å²) in [6.07, 6.45) is 12.7. The molecule has 1 aromatic rings. The lowest BCUT2D eigenvalue weighted by Crippen LogP contribution is -2.28. The van der Waals surface area contributed by atoms with E-state index in [9.17, 15) is 0 Å². The summed E-state index contributed by atoms with van der Waals surface area (Å²) in [6, 6.07) is 8.51. The standard InChI is InChI=1S/C20H31ClO/c1-3-4-5-14-20(21)15-12-18(13-16-20)7-6-17-8-10-19(22-2)11-9-17/h8-11,18H,3-7,12-16H2,1-2H3. The highest BCUT2D eigenvalue weighted by Crippen LogP contribution is 2.41. The van der Waals surface area contributed by atoms with Crippen molar-refractivity contribution < 1.29 is 4.74 Å². The van der Waals surface area contributed by atoms with Gasteiger partial charge in [-0.05, 0) is 68.6 Å². The number of halogens is 1. The van der Waals surface area contributed by atoms with E-state index in [1.54, 1.807) is 7.11 Å². The monoisotopic (exact) mass is 322 g/mol. The molecular weight excluding hydrogens is 292 g/mol. The molecule has 0 aliphatic heterocycles. The van der Waals surface area contributed by atoms with E-state index < -0.39 is 0 Å². The van der Waals surface area contributed by atoms with E-state index in [-0.39, 0.29) is 4.87 Å². The van der Waals surface area contributed by atoms with Crippen molar-refractivity contribution in [1.82, 2.24) is 0 Å². The summed E-state index contributed by atoms with van der Waals surface area (Å²) in [5.74, 6) is 1.81. The molecule has 0 unspecified atom stereocenters. The minimum Gasteiger partial charge on any atom is -0.497 e. The lowest BCUT2D eigenvalue weighted by Gasteiger charge is -2.35. The van der Waals surface area contributed by atoms with Crippen molar-refractivity contribution in [1.29, 1.82) is 0 Å². The average molecular weight is 323 g/mol. The number of aryl methyl sites for hydroxylation is 1. The van der Waals surface area contributed by atoms with Crippen LogP contribution in [0.1, 0.15) is 70.3 Å². The molecule has 1 saturated carbocycles. The molecule has 0 radical (unpaired) electrons. The van der Waals surface area contributed by atoms with Gasteiger partial charge in [0.2, 0.25) is 0 Å². The third kappa shape index (κ3) is 5.50. The maximum absolute atomic E-state index is 6.81. The maximum Gasteiger partial charge on any atom is 0.118 e. The van der Waals surface area contributed by atoms with Crippen LogP contribution in [0.15, 0.2) is 24.3 Å². The van der Waals surface area contributed by atoms with Crippen LogP contribution in [0, 0.1) is 5.92 Å². The van der Waals surface area contributed by atoms with Gasteiger partial charge in [-0.3, -0.25) is 0 Å². The molecule has 0 heterocycles. The maximum atomic E-state index is 6.81. The summed E-state index contributed by atoms with van der Waals surface area (Å²) < 4.78 is 5.21. The molecule has 1 aliphatic carbocycles. The fourth-order valence-corrected chi connectivity index (χ4v) is 3.94. The van der Waals surface area contributed by atoms with Crippen molar-refractivity contribution in [2.45, 2.75) is 76.0 Å². The first kappa shape index (κ1) is 17.7. The van der Waals surface area contributed by atoms with Crippen molar-refractivity contribution in [2.24, 2.45) is 5.92 Å². The molecule has 2 heteroatoms. The molecule has 124 valence electrons. The third-order valence-corrected chi connectivity index (χ3v) is 5.80. The second kappa shape index (κ2) is 8.82. The molecular formula is C20H31ClO. The zero-order valence-corrected chi connectivity index (χ0v) is 15.0. The number of hydrogen-bond acceptors (Lipinski definition) is 1. The van der Waals surface area contributed by atoms with Crippen LogP contribution in [0.2, 0.25) is 0 Å². The van der Waals surface area contributed by atoms with Crippen LogP contribution in [-0.2, 0) is 6.42 Å². The zero-order chi connectivity index (χ0) is 15.8. The van der Waals surface area contributed by atoms with Gasteiger partial charge in [-0.2, -0.15) is 0 Å². The Hall–Kier alpha value is -0.690. The largest absolute Gasteiger partial charge is 0.497 e. The van der Waals surface area contributed by atoms with Crippen molar-refractivity contribution in [3.8, 4) is 5.75 Å². The van der Waals surface area contributed by atoms with Crippen LogP contribution in [-0.4, -0.2) is 12.0 Å². The van der Waals surface area contributed by atoms with Crippen molar-refractivity contribution in [3.63, 3.8) is 0 Å². The molecule has 0 spiro atoms. The summed E-state index contributed by atoms with van der Waals surface area (Å²) in [7, 11) is 1.72. The minimum atomic E-state index is 0.117. The van der Waals surface area contributed by atoms with E-state index in [4.69, 9.17) is 16.3 Å². The Labute approximate surface area is 141 Å². The van der Waals surface area contributed by atoms with Gasteiger partial charge in [-0.25, -0.2) is 0 Å². The van der Waals surface area contributed by atoms with Gasteiger partial charge in [0.15, 0.2) is 0 Å². The SMILES string of the molecule is CCCCCC1(Cl)CCC(CCc2ccc(OC)cc2)CC1. The van der Waals surface area contributed by atoms with Gasteiger partial charge in [0.1, 0.15) is 5.75 Å². The fraction of sp³-hybridized carbons (Fsp3) is 0.700. The topological polar surface area (TPSA) is 9.23 Å². The van der Waals surface area contributed by atoms with Crippen LogP contribution in [0.5, 0.6) is 5.75 Å². The summed E-state index contributed by atoms with van der Waals surface area (Å²) in [4.78, 5) is 0.117. The van der Waals surface area contributed by atoms with Gasteiger partial charge >= 0.3 is 0 Å². The van der Waals surface area contributed by atoms with E-state index in [2.05, 4.69) is 31.2 Å². The Morgan fingerprint density at radius 2 is 1.82 bits per heavy atom. The van der Waals surface area contributed by atoms with Gasteiger partial charge in [0, 0.05) is 4.87 Å². The Bertz CT molecular complexity index is 418. The first-order chi connectivity index (χ1) is 10.6. The highest BCUT2D eigenvalue weighted by molar-refractivity contribution is 6.23. The molecule has 0 N–H and O–H groups in total. The lowest BCUT2D eigenvalue weighted by atomic mass is 9.77. The number of alkyl halides is 1. The molecule has 0 amide bonds. The van der Waals surface area contributed by atoms with Crippen molar-refractivity contribution >= 4 is 11.6 Å². The van der Waals surface area contributed by atoms with Crippen LogP contribution in [0.4, 0.5) is 0 Å². The molecule has 1 fully saturated rings. The predicted octanol–water partition coefficient (Wildman–Crippen LogP) is 6.38. The zero-order valence-electron chi connectivity index (χ0n) is 14.2. The Morgan fingerprint density at radius 1 is 1.14 bits per heavy atom. The Morgan fingerprint density at radius 3 is 2.41 bits per heavy atom. The summed E-state index contributed by atoms with van der Waals surface area (Å²) in [5.41, 5.74) is 1.42. The number of benzene rings is 1. The van der Waals surface area contributed by atoms with E-state index in [0.29, 0.717) is 0 Å². The normalized spacial score (nSPS) is 25.1. The van der Waals surface area contributed by atoms with Gasteiger partial charge in [0.25, 0.3) is 0 Å². The first-order valence-electron chi connectivity index (χ1n) is 8.97. The molecule has 1 aliphatic rings. The van der Waals surface area contributed by atoms with Crippen LogP contribution >= 0.6 is 11.6 Å². The molecule has 22 heavy (non-hydrogen) atoms. The van der Waals surface area contributed by atoms with Gasteiger partial charge < -0.3 is 4.74 Å². The molecule has 1 aromatic carbocycles. The Kier molecular flexibility index (Phi) is 7.08.